The predicted molar refractivity (Wildman–Crippen MR) is 75.2 cm³/mol. The van der Waals surface area contributed by atoms with Gasteiger partial charge in [0.05, 0.1) is 7.85 Å². The van der Waals surface area contributed by atoms with Gasteiger partial charge in [-0.2, -0.15) is 12.6 Å². The fourth-order valence-corrected chi connectivity index (χ4v) is 2.29. The first-order valence-corrected chi connectivity index (χ1v) is 6.01. The van der Waals surface area contributed by atoms with E-state index in [2.05, 4.69) is 24.5 Å². The Morgan fingerprint density at radius 1 is 1.38 bits per heavy atom. The summed E-state index contributed by atoms with van der Waals surface area (Å²) in [6.07, 6.45) is 0. The molecule has 0 aliphatic heterocycles. The van der Waals surface area contributed by atoms with Crippen LogP contribution < -0.4 is 5.32 Å². The SMILES string of the molecule is [B]C(C)(C)C(=C)C(C)(C(C)S)C(C)(O)NC. The Bertz CT molecular complexity index is 271. The van der Waals surface area contributed by atoms with Crippen LogP contribution in [-0.4, -0.2) is 31.0 Å². The maximum absolute atomic E-state index is 10.5. The molecule has 3 unspecified atom stereocenters. The van der Waals surface area contributed by atoms with Crippen LogP contribution in [-0.2, 0) is 0 Å². The largest absolute Gasteiger partial charge is 0.375 e. The maximum Gasteiger partial charge on any atom is 0.123 e. The molecule has 0 fully saturated rings. The molecule has 0 saturated heterocycles. The molecule has 0 aromatic carbocycles. The standard InChI is InChI=1S/C12H24BNOS/c1-8(10(3,4)13)11(5,9(2)16)12(6,15)14-7/h9,14-16H,1H2,2-7H3. The van der Waals surface area contributed by atoms with Crippen LogP contribution in [0.5, 0.6) is 0 Å². The quantitative estimate of drug-likeness (QED) is 0.298. The lowest BCUT2D eigenvalue weighted by Crippen LogP contribution is -2.59. The van der Waals surface area contributed by atoms with E-state index < -0.39 is 16.5 Å². The second-order valence-corrected chi connectivity index (χ2v) is 6.18. The van der Waals surface area contributed by atoms with Crippen molar-refractivity contribution in [2.24, 2.45) is 5.41 Å². The number of hydrogen-bond donors (Lipinski definition) is 3. The van der Waals surface area contributed by atoms with Crippen LogP contribution in [0.3, 0.4) is 0 Å². The lowest BCUT2D eigenvalue weighted by atomic mass is 9.56. The first-order valence-electron chi connectivity index (χ1n) is 5.49. The minimum absolute atomic E-state index is 0.0784. The molecule has 3 atom stereocenters. The van der Waals surface area contributed by atoms with Gasteiger partial charge in [0.25, 0.3) is 0 Å². The summed E-state index contributed by atoms with van der Waals surface area (Å²) in [4.78, 5) is 0. The van der Waals surface area contributed by atoms with Crippen molar-refractivity contribution in [3.8, 4) is 0 Å². The van der Waals surface area contributed by atoms with Gasteiger partial charge in [-0.1, -0.05) is 45.2 Å². The van der Waals surface area contributed by atoms with E-state index in [1.54, 1.807) is 14.0 Å². The van der Waals surface area contributed by atoms with Crippen LogP contribution in [0.1, 0.15) is 34.6 Å². The molecule has 0 heterocycles. The van der Waals surface area contributed by atoms with E-state index in [9.17, 15) is 5.11 Å². The molecular weight excluding hydrogens is 217 g/mol. The molecule has 92 valence electrons. The van der Waals surface area contributed by atoms with Crippen molar-refractivity contribution in [1.82, 2.24) is 5.32 Å². The molecule has 16 heavy (non-hydrogen) atoms. The third-order valence-corrected chi connectivity index (χ3v) is 4.25. The fraction of sp³-hybridized carbons (Fsp3) is 0.833. The average Bonchev–Trinajstić information content (AvgIpc) is 2.13. The number of hydrogen-bond acceptors (Lipinski definition) is 3. The van der Waals surface area contributed by atoms with Gasteiger partial charge in [-0.25, -0.2) is 0 Å². The molecule has 0 saturated carbocycles. The molecule has 0 spiro atoms. The van der Waals surface area contributed by atoms with Crippen molar-refractivity contribution < 1.29 is 5.11 Å². The van der Waals surface area contributed by atoms with Crippen molar-refractivity contribution in [3.05, 3.63) is 12.2 Å². The van der Waals surface area contributed by atoms with Gasteiger partial charge >= 0.3 is 0 Å². The van der Waals surface area contributed by atoms with Gasteiger partial charge in [0, 0.05) is 10.7 Å². The van der Waals surface area contributed by atoms with Crippen molar-refractivity contribution in [2.45, 2.75) is 50.9 Å². The molecule has 0 aromatic rings. The van der Waals surface area contributed by atoms with Gasteiger partial charge in [-0.3, -0.25) is 5.32 Å². The van der Waals surface area contributed by atoms with Gasteiger partial charge in [-0.15, -0.1) is 0 Å². The zero-order chi connectivity index (χ0) is 13.4. The Balaban J connectivity index is 5.56. The second kappa shape index (κ2) is 4.75. The second-order valence-electron chi connectivity index (χ2n) is 5.40. The minimum Gasteiger partial charge on any atom is -0.375 e. The van der Waals surface area contributed by atoms with Gasteiger partial charge in [0.1, 0.15) is 5.72 Å². The van der Waals surface area contributed by atoms with Crippen LogP contribution in [0, 0.1) is 5.41 Å². The fourth-order valence-electron chi connectivity index (χ4n) is 1.88. The summed E-state index contributed by atoms with van der Waals surface area (Å²) < 4.78 is 0. The molecule has 0 rings (SSSR count). The molecule has 2 N–H and O–H groups in total. The number of nitrogens with one attached hydrogen (secondary N) is 1. The van der Waals surface area contributed by atoms with Gasteiger partial charge in [0.15, 0.2) is 0 Å². The van der Waals surface area contributed by atoms with Crippen LogP contribution >= 0.6 is 12.6 Å². The smallest absolute Gasteiger partial charge is 0.123 e. The number of rotatable bonds is 5. The zero-order valence-electron chi connectivity index (χ0n) is 11.3. The highest BCUT2D eigenvalue weighted by Gasteiger charge is 2.49. The zero-order valence-corrected chi connectivity index (χ0v) is 12.2. The highest BCUT2D eigenvalue weighted by Crippen LogP contribution is 2.50. The van der Waals surface area contributed by atoms with E-state index >= 15 is 0 Å². The Morgan fingerprint density at radius 2 is 1.75 bits per heavy atom. The van der Waals surface area contributed by atoms with Crippen molar-refractivity contribution in [2.75, 3.05) is 7.05 Å². The molecule has 0 aliphatic carbocycles. The summed E-state index contributed by atoms with van der Waals surface area (Å²) in [5.74, 6) is 0. The summed E-state index contributed by atoms with van der Waals surface area (Å²) in [5, 5.41) is 12.7. The summed E-state index contributed by atoms with van der Waals surface area (Å²) >= 11 is 4.48. The summed E-state index contributed by atoms with van der Waals surface area (Å²) in [7, 11) is 7.80. The molecule has 0 amide bonds. The number of thiol groups is 1. The van der Waals surface area contributed by atoms with E-state index in [4.69, 9.17) is 7.85 Å². The van der Waals surface area contributed by atoms with Gasteiger partial charge in [0.2, 0.25) is 0 Å². The van der Waals surface area contributed by atoms with Crippen molar-refractivity contribution in [3.63, 3.8) is 0 Å². The van der Waals surface area contributed by atoms with E-state index in [0.29, 0.717) is 0 Å². The van der Waals surface area contributed by atoms with Crippen molar-refractivity contribution in [1.29, 1.82) is 0 Å². The van der Waals surface area contributed by atoms with E-state index in [1.165, 1.54) is 0 Å². The normalized spacial score (nSPS) is 22.0. The molecule has 4 heteroatoms. The lowest BCUT2D eigenvalue weighted by Gasteiger charge is -2.50. The summed E-state index contributed by atoms with van der Waals surface area (Å²) in [5.41, 5.74) is -0.952. The molecular formula is C12H24BNOS. The monoisotopic (exact) mass is 241 g/mol. The molecule has 0 aliphatic rings. The minimum atomic E-state index is -1.11. The lowest BCUT2D eigenvalue weighted by molar-refractivity contribution is -0.0653. The van der Waals surface area contributed by atoms with Crippen molar-refractivity contribution >= 4 is 20.5 Å². The third kappa shape index (κ3) is 2.66. The first kappa shape index (κ1) is 16.1. The Morgan fingerprint density at radius 3 is 1.94 bits per heavy atom. The van der Waals surface area contributed by atoms with E-state index in [1.807, 2.05) is 27.7 Å². The highest BCUT2D eigenvalue weighted by atomic mass is 32.1. The first-order chi connectivity index (χ1) is 6.91. The molecule has 2 nitrogen and oxygen atoms in total. The van der Waals surface area contributed by atoms with Crippen LogP contribution in [0.2, 0.25) is 5.31 Å². The highest BCUT2D eigenvalue weighted by molar-refractivity contribution is 7.81. The van der Waals surface area contributed by atoms with Crippen LogP contribution in [0.25, 0.3) is 0 Å². The Labute approximate surface area is 107 Å². The molecule has 0 bridgehead atoms. The third-order valence-electron chi connectivity index (χ3n) is 3.74. The average molecular weight is 241 g/mol. The maximum atomic E-state index is 10.5. The Hall–Kier alpha value is 0.0749. The van der Waals surface area contributed by atoms with Crippen LogP contribution in [0.15, 0.2) is 12.2 Å². The van der Waals surface area contributed by atoms with E-state index in [0.717, 1.165) is 5.57 Å². The summed E-state index contributed by atoms with van der Waals surface area (Å²) in [6.45, 7) is 13.4. The predicted octanol–water partition coefficient (Wildman–Crippen LogP) is 2.16. The van der Waals surface area contributed by atoms with Gasteiger partial charge < -0.3 is 5.11 Å². The van der Waals surface area contributed by atoms with E-state index in [-0.39, 0.29) is 5.25 Å². The summed E-state index contributed by atoms with van der Waals surface area (Å²) in [6, 6.07) is 0. The number of aliphatic hydroxyl groups is 1. The Kier molecular flexibility index (Phi) is 4.77. The van der Waals surface area contributed by atoms with Gasteiger partial charge in [-0.05, 0) is 14.0 Å². The molecule has 2 radical (unpaired) electrons. The molecule has 0 aromatic heterocycles. The van der Waals surface area contributed by atoms with Crippen LogP contribution in [0.4, 0.5) is 0 Å². The topological polar surface area (TPSA) is 32.3 Å².